The average Bonchev–Trinajstić information content (AvgIpc) is 2.35. The van der Waals surface area contributed by atoms with Crippen LogP contribution in [-0.4, -0.2) is 31.8 Å². The number of nitrogens with two attached hydrogens (primary N) is 1. The van der Waals surface area contributed by atoms with E-state index >= 15 is 0 Å². The highest BCUT2D eigenvalue weighted by atomic mass is 15.6. The van der Waals surface area contributed by atoms with Crippen LogP contribution in [0.3, 0.4) is 0 Å². The van der Waals surface area contributed by atoms with Gasteiger partial charge in [-0.05, 0) is 31.2 Å². The first-order valence-electron chi connectivity index (χ1n) is 4.19. The molecule has 1 atom stereocenters. The Balaban J connectivity index is 2.74. The summed E-state index contributed by atoms with van der Waals surface area (Å²) >= 11 is 0. The Morgan fingerprint density at radius 2 is 2.15 bits per heavy atom. The lowest BCUT2D eigenvalue weighted by atomic mass is 9.97. The maximum atomic E-state index is 5.80. The minimum absolute atomic E-state index is 0.0178. The predicted octanol–water partition coefficient (Wildman–Crippen LogP) is -0.252. The van der Waals surface area contributed by atoms with Crippen molar-refractivity contribution in [1.29, 1.82) is 0 Å². The first kappa shape index (κ1) is 9.91. The smallest absolute Gasteiger partial charge is 0.243 e. The first-order valence-corrected chi connectivity index (χ1v) is 4.19. The van der Waals surface area contributed by atoms with Crippen molar-refractivity contribution < 1.29 is 0 Å². The first-order chi connectivity index (χ1) is 5.93. The molecule has 0 saturated carbocycles. The minimum Gasteiger partial charge on any atom is -0.347 e. The van der Waals surface area contributed by atoms with Gasteiger partial charge >= 0.3 is 0 Å². The number of aryl methyl sites for hydroxylation is 1. The second kappa shape index (κ2) is 3.29. The third-order valence-corrected chi connectivity index (χ3v) is 2.19. The van der Waals surface area contributed by atoms with Crippen LogP contribution in [0.25, 0.3) is 0 Å². The van der Waals surface area contributed by atoms with Crippen molar-refractivity contribution >= 4 is 5.95 Å². The van der Waals surface area contributed by atoms with E-state index in [1.54, 1.807) is 11.7 Å². The van der Waals surface area contributed by atoms with Crippen LogP contribution in [0, 0.1) is 0 Å². The van der Waals surface area contributed by atoms with Crippen molar-refractivity contribution in [3.63, 3.8) is 0 Å². The fourth-order valence-corrected chi connectivity index (χ4v) is 0.737. The molecule has 0 radical (unpaired) electrons. The number of aromatic nitrogens is 4. The molecule has 0 saturated heterocycles. The lowest BCUT2D eigenvalue weighted by Gasteiger charge is -2.29. The topological polar surface area (TPSA) is 81.7 Å². The molecule has 0 aliphatic rings. The van der Waals surface area contributed by atoms with Crippen LogP contribution in [0.2, 0.25) is 0 Å². The van der Waals surface area contributed by atoms with Crippen LogP contribution in [0.4, 0.5) is 5.95 Å². The molecule has 6 nitrogen and oxygen atoms in total. The molecule has 0 bridgehead atoms. The maximum Gasteiger partial charge on any atom is 0.243 e. The van der Waals surface area contributed by atoms with Crippen LogP contribution < -0.4 is 11.1 Å². The number of nitrogens with one attached hydrogen (secondary N) is 1. The van der Waals surface area contributed by atoms with Crippen LogP contribution in [0.5, 0.6) is 0 Å². The van der Waals surface area contributed by atoms with E-state index < -0.39 is 0 Å². The molecule has 0 spiro atoms. The highest BCUT2D eigenvalue weighted by Crippen LogP contribution is 2.13. The van der Waals surface area contributed by atoms with Crippen molar-refractivity contribution in [3.05, 3.63) is 0 Å². The van der Waals surface area contributed by atoms with E-state index in [4.69, 9.17) is 5.73 Å². The molecule has 0 fully saturated rings. The normalized spacial score (nSPS) is 14.2. The van der Waals surface area contributed by atoms with Crippen molar-refractivity contribution in [2.24, 2.45) is 12.8 Å². The van der Waals surface area contributed by atoms with Crippen LogP contribution in [0.15, 0.2) is 0 Å². The highest BCUT2D eigenvalue weighted by molar-refractivity contribution is 5.27. The lowest BCUT2D eigenvalue weighted by Crippen LogP contribution is -2.47. The number of tetrazole rings is 1. The summed E-state index contributed by atoms with van der Waals surface area (Å²) in [5.41, 5.74) is 5.58. The number of nitrogens with zero attached hydrogens (tertiary/aromatic N) is 4. The fourth-order valence-electron chi connectivity index (χ4n) is 0.737. The molecular formula is C7H16N6. The maximum absolute atomic E-state index is 5.80. The predicted molar refractivity (Wildman–Crippen MR) is 50.1 cm³/mol. The van der Waals surface area contributed by atoms with Gasteiger partial charge in [-0.3, -0.25) is 0 Å². The molecule has 1 aromatic heterocycles. The third kappa shape index (κ3) is 2.15. The van der Waals surface area contributed by atoms with Crippen molar-refractivity contribution in [1.82, 2.24) is 20.2 Å². The number of hydrogen-bond donors (Lipinski definition) is 2. The Morgan fingerprint density at radius 1 is 1.54 bits per heavy atom. The molecule has 6 heteroatoms. The molecule has 1 aromatic rings. The van der Waals surface area contributed by atoms with Gasteiger partial charge in [-0.2, -0.15) is 0 Å². The van der Waals surface area contributed by atoms with Crippen molar-refractivity contribution in [3.8, 4) is 0 Å². The summed E-state index contributed by atoms with van der Waals surface area (Å²) in [4.78, 5) is 0. The molecular weight excluding hydrogens is 168 g/mol. The second-order valence-electron chi connectivity index (χ2n) is 3.76. The van der Waals surface area contributed by atoms with Gasteiger partial charge in [0.2, 0.25) is 5.95 Å². The van der Waals surface area contributed by atoms with Gasteiger partial charge in [-0.1, -0.05) is 5.10 Å². The van der Waals surface area contributed by atoms with Gasteiger partial charge in [-0.15, -0.1) is 0 Å². The Kier molecular flexibility index (Phi) is 2.51. The van der Waals surface area contributed by atoms with Gasteiger partial charge in [0.25, 0.3) is 0 Å². The van der Waals surface area contributed by atoms with E-state index in [0.29, 0.717) is 5.95 Å². The van der Waals surface area contributed by atoms with Crippen LogP contribution in [0.1, 0.15) is 20.8 Å². The summed E-state index contributed by atoms with van der Waals surface area (Å²) in [6, 6.07) is 0.0178. The number of hydrogen-bond acceptors (Lipinski definition) is 5. The summed E-state index contributed by atoms with van der Waals surface area (Å²) in [5.74, 6) is 0.627. The van der Waals surface area contributed by atoms with Gasteiger partial charge < -0.3 is 11.1 Å². The zero-order valence-electron chi connectivity index (χ0n) is 8.44. The Hall–Kier alpha value is -1.17. The summed E-state index contributed by atoms with van der Waals surface area (Å²) in [7, 11) is 1.78. The number of rotatable bonds is 3. The van der Waals surface area contributed by atoms with Gasteiger partial charge in [0.1, 0.15) is 0 Å². The quantitative estimate of drug-likeness (QED) is 0.677. The monoisotopic (exact) mass is 184 g/mol. The molecule has 1 unspecified atom stereocenters. The lowest BCUT2D eigenvalue weighted by molar-refractivity contribution is 0.464. The van der Waals surface area contributed by atoms with Gasteiger partial charge in [-0.25, -0.2) is 4.68 Å². The van der Waals surface area contributed by atoms with E-state index in [9.17, 15) is 0 Å². The SMILES string of the molecule is CC(N)C(C)(C)Nc1nnnn1C. The average molecular weight is 184 g/mol. The zero-order chi connectivity index (χ0) is 10.1. The summed E-state index contributed by atoms with van der Waals surface area (Å²) in [6.45, 7) is 5.95. The second-order valence-corrected chi connectivity index (χ2v) is 3.76. The molecule has 1 rings (SSSR count). The van der Waals surface area contributed by atoms with E-state index in [2.05, 4.69) is 20.8 Å². The third-order valence-electron chi connectivity index (χ3n) is 2.19. The molecule has 13 heavy (non-hydrogen) atoms. The summed E-state index contributed by atoms with van der Waals surface area (Å²) in [6.07, 6.45) is 0. The number of anilines is 1. The van der Waals surface area contributed by atoms with E-state index in [0.717, 1.165) is 0 Å². The minimum atomic E-state index is -0.220. The van der Waals surface area contributed by atoms with Gasteiger partial charge in [0.15, 0.2) is 0 Å². The zero-order valence-corrected chi connectivity index (χ0v) is 8.44. The van der Waals surface area contributed by atoms with E-state index in [-0.39, 0.29) is 11.6 Å². The molecule has 3 N–H and O–H groups in total. The van der Waals surface area contributed by atoms with Crippen molar-refractivity contribution in [2.75, 3.05) is 5.32 Å². The molecule has 0 aliphatic carbocycles. The van der Waals surface area contributed by atoms with Crippen LogP contribution >= 0.6 is 0 Å². The van der Waals surface area contributed by atoms with E-state index in [1.165, 1.54) is 0 Å². The Labute approximate surface area is 77.5 Å². The summed E-state index contributed by atoms with van der Waals surface area (Å²) in [5, 5.41) is 14.2. The molecule has 0 aliphatic heterocycles. The van der Waals surface area contributed by atoms with Gasteiger partial charge in [0, 0.05) is 18.6 Å². The Morgan fingerprint density at radius 3 is 2.54 bits per heavy atom. The van der Waals surface area contributed by atoms with E-state index in [1.807, 2.05) is 20.8 Å². The molecule has 1 heterocycles. The van der Waals surface area contributed by atoms with Crippen molar-refractivity contribution in [2.45, 2.75) is 32.4 Å². The van der Waals surface area contributed by atoms with Gasteiger partial charge in [0.05, 0.1) is 0 Å². The summed E-state index contributed by atoms with van der Waals surface area (Å²) < 4.78 is 1.57. The fraction of sp³-hybridized carbons (Fsp3) is 0.857. The Bertz CT molecular complexity index is 276. The highest BCUT2D eigenvalue weighted by Gasteiger charge is 2.24. The van der Waals surface area contributed by atoms with Crippen LogP contribution in [-0.2, 0) is 7.05 Å². The molecule has 0 amide bonds. The molecule has 74 valence electrons. The standard InChI is InChI=1S/C7H16N6/c1-5(8)7(2,3)9-6-10-11-12-13(6)4/h5H,8H2,1-4H3,(H,9,10,12). The molecule has 0 aromatic carbocycles. The largest absolute Gasteiger partial charge is 0.347 e.